The van der Waals surface area contributed by atoms with E-state index in [2.05, 4.69) is 0 Å². The van der Waals surface area contributed by atoms with Crippen LogP contribution in [0.15, 0.2) is 0 Å². The van der Waals surface area contributed by atoms with Crippen LogP contribution in [0.1, 0.15) is 44.9 Å². The van der Waals surface area contributed by atoms with Crippen LogP contribution in [0.4, 0.5) is 0 Å². The third kappa shape index (κ3) is 1.31. The van der Waals surface area contributed by atoms with Crippen LogP contribution in [-0.4, -0.2) is 6.54 Å². The second kappa shape index (κ2) is 2.78. The summed E-state index contributed by atoms with van der Waals surface area (Å²) in [4.78, 5) is 0. The van der Waals surface area contributed by atoms with Gasteiger partial charge in [-0.3, -0.25) is 0 Å². The van der Waals surface area contributed by atoms with Gasteiger partial charge in [0.2, 0.25) is 0 Å². The van der Waals surface area contributed by atoms with Crippen LogP contribution in [-0.2, 0) is 0 Å². The molecule has 0 atom stereocenters. The highest BCUT2D eigenvalue weighted by atomic mass is 14.6. The van der Waals surface area contributed by atoms with Gasteiger partial charge in [-0.2, -0.15) is 0 Å². The number of hydrogen-bond donors (Lipinski definition) is 1. The Bertz CT molecular complexity index is 128. The first-order chi connectivity index (χ1) is 5.35. The van der Waals surface area contributed by atoms with E-state index in [-0.39, 0.29) is 0 Å². The van der Waals surface area contributed by atoms with Gasteiger partial charge in [-0.15, -0.1) is 0 Å². The molecule has 0 aliphatic heterocycles. The van der Waals surface area contributed by atoms with Crippen LogP contribution in [0.2, 0.25) is 0 Å². The molecule has 1 heteroatoms. The van der Waals surface area contributed by atoms with Crippen molar-refractivity contribution in [1.29, 1.82) is 0 Å². The van der Waals surface area contributed by atoms with Gasteiger partial charge < -0.3 is 5.73 Å². The monoisotopic (exact) mass is 153 g/mol. The van der Waals surface area contributed by atoms with Gasteiger partial charge >= 0.3 is 0 Å². The zero-order valence-electron chi connectivity index (χ0n) is 7.31. The van der Waals surface area contributed by atoms with Gasteiger partial charge in [0.15, 0.2) is 0 Å². The summed E-state index contributed by atoms with van der Waals surface area (Å²) >= 11 is 0. The minimum atomic E-state index is 0.616. The first kappa shape index (κ1) is 7.60. The van der Waals surface area contributed by atoms with E-state index < -0.39 is 0 Å². The molecular weight excluding hydrogens is 134 g/mol. The molecular formula is C10H19N. The quantitative estimate of drug-likeness (QED) is 0.661. The highest BCUT2D eigenvalue weighted by Crippen LogP contribution is 2.48. The summed E-state index contributed by atoms with van der Waals surface area (Å²) in [7, 11) is 0. The molecule has 0 unspecified atom stereocenters. The predicted octanol–water partition coefficient (Wildman–Crippen LogP) is 2.31. The summed E-state index contributed by atoms with van der Waals surface area (Å²) in [5, 5.41) is 0. The summed E-state index contributed by atoms with van der Waals surface area (Å²) in [6.07, 6.45) is 10.2. The molecule has 0 bridgehead atoms. The molecule has 2 aliphatic rings. The van der Waals surface area contributed by atoms with Crippen molar-refractivity contribution >= 4 is 0 Å². The lowest BCUT2D eigenvalue weighted by Gasteiger charge is -2.45. The molecule has 11 heavy (non-hydrogen) atoms. The molecule has 0 saturated heterocycles. The molecule has 0 amide bonds. The van der Waals surface area contributed by atoms with Crippen molar-refractivity contribution in [2.24, 2.45) is 17.1 Å². The second-order valence-corrected chi connectivity index (χ2v) is 4.56. The first-order valence-corrected chi connectivity index (χ1v) is 5.05. The van der Waals surface area contributed by atoms with E-state index in [1.165, 1.54) is 44.9 Å². The summed E-state index contributed by atoms with van der Waals surface area (Å²) in [6.45, 7) is 0.948. The Balaban J connectivity index is 1.81. The smallest absolute Gasteiger partial charge is 0.00204 e. The van der Waals surface area contributed by atoms with Gasteiger partial charge in [-0.25, -0.2) is 0 Å². The average molecular weight is 153 g/mol. The molecule has 0 radical (unpaired) electrons. The van der Waals surface area contributed by atoms with Crippen LogP contribution < -0.4 is 5.73 Å². The fraction of sp³-hybridized carbons (Fsp3) is 1.00. The van der Waals surface area contributed by atoms with Gasteiger partial charge in [-0.1, -0.05) is 25.7 Å². The maximum absolute atomic E-state index is 5.80. The third-order valence-corrected chi connectivity index (χ3v) is 3.79. The minimum absolute atomic E-state index is 0.616. The molecule has 0 spiro atoms. The summed E-state index contributed by atoms with van der Waals surface area (Å²) in [5.74, 6) is 1.05. The Morgan fingerprint density at radius 1 is 1.18 bits per heavy atom. The third-order valence-electron chi connectivity index (χ3n) is 3.79. The van der Waals surface area contributed by atoms with Crippen LogP contribution in [0.25, 0.3) is 0 Å². The normalized spacial score (nSPS) is 29.2. The molecule has 64 valence electrons. The van der Waals surface area contributed by atoms with Crippen molar-refractivity contribution in [1.82, 2.24) is 0 Å². The molecule has 0 aromatic rings. The molecule has 2 rings (SSSR count). The van der Waals surface area contributed by atoms with E-state index in [9.17, 15) is 0 Å². The summed E-state index contributed by atoms with van der Waals surface area (Å²) in [6, 6.07) is 0. The first-order valence-electron chi connectivity index (χ1n) is 5.05. The molecule has 2 fully saturated rings. The molecule has 2 N–H and O–H groups in total. The Kier molecular flexibility index (Phi) is 1.92. The Hall–Kier alpha value is -0.0400. The molecule has 0 aromatic carbocycles. The van der Waals surface area contributed by atoms with Gasteiger partial charge in [0, 0.05) is 0 Å². The highest BCUT2D eigenvalue weighted by molar-refractivity contribution is 4.91. The van der Waals surface area contributed by atoms with Gasteiger partial charge in [-0.05, 0) is 37.1 Å². The van der Waals surface area contributed by atoms with Gasteiger partial charge in [0.05, 0.1) is 0 Å². The van der Waals surface area contributed by atoms with E-state index in [4.69, 9.17) is 5.73 Å². The largest absolute Gasteiger partial charge is 0.330 e. The fourth-order valence-corrected chi connectivity index (χ4v) is 2.48. The van der Waals surface area contributed by atoms with E-state index in [0.29, 0.717) is 5.41 Å². The lowest BCUT2D eigenvalue weighted by molar-refractivity contribution is 0.0784. The lowest BCUT2D eigenvalue weighted by atomic mass is 9.61. The fourth-order valence-electron chi connectivity index (χ4n) is 2.48. The Labute approximate surface area is 69.4 Å². The molecule has 1 nitrogen and oxygen atoms in total. The molecule has 0 heterocycles. The van der Waals surface area contributed by atoms with Crippen LogP contribution in [0.5, 0.6) is 0 Å². The Morgan fingerprint density at radius 3 is 2.18 bits per heavy atom. The van der Waals surface area contributed by atoms with Crippen molar-refractivity contribution in [2.75, 3.05) is 6.54 Å². The Morgan fingerprint density at radius 2 is 1.91 bits per heavy atom. The van der Waals surface area contributed by atoms with Crippen LogP contribution in [0.3, 0.4) is 0 Å². The van der Waals surface area contributed by atoms with E-state index in [1.807, 2.05) is 0 Å². The number of nitrogens with two attached hydrogens (primary N) is 1. The number of hydrogen-bond acceptors (Lipinski definition) is 1. The summed E-state index contributed by atoms with van der Waals surface area (Å²) < 4.78 is 0. The zero-order valence-corrected chi connectivity index (χ0v) is 7.31. The lowest BCUT2D eigenvalue weighted by Crippen LogP contribution is -2.39. The highest BCUT2D eigenvalue weighted by Gasteiger charge is 2.38. The standard InChI is InChI=1S/C10H19N/c11-8-10(5-2-6-10)7-9-3-1-4-9/h9H,1-8,11H2. The molecule has 0 aromatic heterocycles. The van der Waals surface area contributed by atoms with Crippen molar-refractivity contribution in [3.05, 3.63) is 0 Å². The summed E-state index contributed by atoms with van der Waals surface area (Å²) in [5.41, 5.74) is 6.41. The zero-order chi connectivity index (χ0) is 7.73. The van der Waals surface area contributed by atoms with Gasteiger partial charge in [0.1, 0.15) is 0 Å². The topological polar surface area (TPSA) is 26.0 Å². The second-order valence-electron chi connectivity index (χ2n) is 4.56. The average Bonchev–Trinajstić information content (AvgIpc) is 1.83. The van der Waals surface area contributed by atoms with Crippen LogP contribution >= 0.6 is 0 Å². The van der Waals surface area contributed by atoms with E-state index in [0.717, 1.165) is 12.5 Å². The SMILES string of the molecule is NCC1(CC2CCC2)CCC1. The number of rotatable bonds is 3. The van der Waals surface area contributed by atoms with E-state index in [1.54, 1.807) is 0 Å². The van der Waals surface area contributed by atoms with E-state index >= 15 is 0 Å². The van der Waals surface area contributed by atoms with Gasteiger partial charge in [0.25, 0.3) is 0 Å². The predicted molar refractivity (Wildman–Crippen MR) is 47.3 cm³/mol. The molecule has 2 saturated carbocycles. The van der Waals surface area contributed by atoms with Crippen molar-refractivity contribution in [3.63, 3.8) is 0 Å². The maximum Gasteiger partial charge on any atom is -0.00204 e. The van der Waals surface area contributed by atoms with Crippen molar-refractivity contribution in [2.45, 2.75) is 44.9 Å². The molecule has 2 aliphatic carbocycles. The van der Waals surface area contributed by atoms with Crippen LogP contribution in [0, 0.1) is 11.3 Å². The van der Waals surface area contributed by atoms with Crippen molar-refractivity contribution < 1.29 is 0 Å². The maximum atomic E-state index is 5.80. The minimum Gasteiger partial charge on any atom is -0.330 e. The van der Waals surface area contributed by atoms with Crippen molar-refractivity contribution in [3.8, 4) is 0 Å².